The summed E-state index contributed by atoms with van der Waals surface area (Å²) in [4.78, 5) is 3.33. The van der Waals surface area contributed by atoms with Crippen LogP contribution in [-0.4, -0.2) is 81.0 Å². The number of rotatable bonds is 16. The van der Waals surface area contributed by atoms with Gasteiger partial charge in [-0.3, -0.25) is 0 Å². The van der Waals surface area contributed by atoms with E-state index in [0.29, 0.717) is 31.1 Å². The number of unbranched alkanes of at least 4 members (excludes halogenated alkanes) is 2. The van der Waals surface area contributed by atoms with E-state index in [9.17, 15) is 25.9 Å². The molecule has 0 saturated carbocycles. The Morgan fingerprint density at radius 1 is 0.706 bits per heavy atom. The second-order valence-electron chi connectivity index (χ2n) is 18.5. The van der Waals surface area contributed by atoms with Gasteiger partial charge in [0.25, 0.3) is 0 Å². The fourth-order valence-electron chi connectivity index (χ4n) is 10.2. The zero-order valence-electron chi connectivity index (χ0n) is 39.1. The summed E-state index contributed by atoms with van der Waals surface area (Å²) in [7, 11) is -8.66. The number of hydrogen-bond donors (Lipinski definition) is 0. The van der Waals surface area contributed by atoms with Crippen LogP contribution in [0.25, 0.3) is 27.2 Å². The number of thioether (sulfide) groups is 1. The van der Waals surface area contributed by atoms with E-state index in [-0.39, 0.29) is 42.4 Å². The first-order chi connectivity index (χ1) is 32.0. The third-order valence-electron chi connectivity index (χ3n) is 13.3. The maximum Gasteiger partial charge on any atom is 1.00 e. The first-order valence-electron chi connectivity index (χ1n) is 22.7. The van der Waals surface area contributed by atoms with E-state index in [2.05, 4.69) is 138 Å². The van der Waals surface area contributed by atoms with Gasteiger partial charge in [0.2, 0.25) is 10.8 Å². The number of para-hydroxylation sites is 1. The van der Waals surface area contributed by atoms with Gasteiger partial charge in [-0.1, -0.05) is 98.8 Å². The summed E-state index contributed by atoms with van der Waals surface area (Å²) in [5, 5.41) is 18.2. The van der Waals surface area contributed by atoms with Crippen LogP contribution in [0.3, 0.4) is 0 Å². The van der Waals surface area contributed by atoms with Gasteiger partial charge in [-0.05, 0) is 137 Å². The Morgan fingerprint density at radius 2 is 1.34 bits per heavy atom. The Balaban J connectivity index is 0.00000625. The summed E-state index contributed by atoms with van der Waals surface area (Å²) >= 11 is 1.53. The van der Waals surface area contributed by atoms with Gasteiger partial charge in [-0.15, -0.1) is 5.10 Å². The first-order valence-corrected chi connectivity index (χ1v) is 26.7. The summed E-state index contributed by atoms with van der Waals surface area (Å²) < 4.78 is 73.5. The molecule has 0 spiro atoms. The molecule has 5 aromatic carbocycles. The molecule has 1 aliphatic carbocycles. The molecule has 0 bridgehead atoms. The normalized spacial score (nSPS) is 17.9. The van der Waals surface area contributed by atoms with Crippen LogP contribution in [0.15, 0.2) is 154 Å². The maximum absolute atomic E-state index is 11.6. The van der Waals surface area contributed by atoms with Crippen LogP contribution in [0.2, 0.25) is 0 Å². The molecule has 0 unspecified atom stereocenters. The molecule has 346 valence electrons. The third-order valence-corrected chi connectivity index (χ3v) is 16.1. The summed E-state index contributed by atoms with van der Waals surface area (Å²) in [6, 6.07) is 35.1. The van der Waals surface area contributed by atoms with Crippen LogP contribution in [0.5, 0.6) is 0 Å². The molecular formula is C52H53N6NaO6S3. The van der Waals surface area contributed by atoms with Crippen molar-refractivity contribution in [1.82, 2.24) is 20.2 Å². The standard InChI is InChI=1S/C52H54N6O6S3.Na/c1-51(2)45(56(32-12-14-34-66(59,60)61)43-28-24-36-16-8-10-20-41(36)47(43)51)30-26-38-22-23-39(49(38)65-50-53-54-55-58(50)40-18-6-5-7-19-40)27-31-46-52(3,4)48-42-21-11-9-17-37(42)25-29-44(48)57(46)33-13-15-35-67(62,63)64;/h5-11,16-21,24-31H,12-15,22-23,32-35H2,1-4H3,(H-,59,60,61,62,63,64);/q;+1/p-1. The Morgan fingerprint density at radius 3 is 2.03 bits per heavy atom. The Bertz CT molecular complexity index is 3300. The van der Waals surface area contributed by atoms with Crippen molar-refractivity contribution < 1.29 is 60.1 Å². The molecular weight excluding hydrogens is 924 g/mol. The molecule has 0 amide bonds. The van der Waals surface area contributed by atoms with Crippen LogP contribution >= 0.6 is 11.8 Å². The fraction of sp³-hybridized carbons (Fsp3) is 0.308. The number of allylic oxidation sites excluding steroid dienone is 7. The van der Waals surface area contributed by atoms with Crippen LogP contribution < -0.4 is 34.5 Å². The first kappa shape index (κ1) is 49.7. The van der Waals surface area contributed by atoms with Gasteiger partial charge in [0.15, 0.2) is 5.71 Å². The van der Waals surface area contributed by atoms with Crippen molar-refractivity contribution in [3.8, 4) is 5.69 Å². The molecule has 3 heterocycles. The number of benzene rings is 5. The van der Waals surface area contributed by atoms with E-state index in [1.165, 1.54) is 22.9 Å². The van der Waals surface area contributed by atoms with Crippen molar-refractivity contribution >= 4 is 70.6 Å². The van der Waals surface area contributed by atoms with E-state index < -0.39 is 42.6 Å². The minimum atomic E-state index is -4.33. The molecule has 68 heavy (non-hydrogen) atoms. The fourth-order valence-corrected chi connectivity index (χ4v) is 12.4. The van der Waals surface area contributed by atoms with Crippen LogP contribution in [0.4, 0.5) is 11.4 Å². The molecule has 16 heteroatoms. The average molecular weight is 977 g/mol. The van der Waals surface area contributed by atoms with E-state index >= 15 is 0 Å². The van der Waals surface area contributed by atoms with Crippen molar-refractivity contribution in [1.29, 1.82) is 0 Å². The van der Waals surface area contributed by atoms with Crippen LogP contribution in [0, 0.1) is 0 Å². The zero-order valence-corrected chi connectivity index (χ0v) is 43.5. The number of anilines is 1. The number of tetrazole rings is 1. The smallest absolute Gasteiger partial charge is 0.748 e. The maximum atomic E-state index is 11.6. The van der Waals surface area contributed by atoms with E-state index in [0.717, 1.165) is 78.9 Å². The van der Waals surface area contributed by atoms with E-state index in [1.54, 1.807) is 4.68 Å². The van der Waals surface area contributed by atoms with Gasteiger partial charge >= 0.3 is 29.6 Å². The molecule has 0 saturated heterocycles. The third kappa shape index (κ3) is 10.1. The predicted octanol–water partition coefficient (Wildman–Crippen LogP) is 7.00. The molecule has 1 aromatic heterocycles. The minimum absolute atomic E-state index is 0. The van der Waals surface area contributed by atoms with Gasteiger partial charge < -0.3 is 14.0 Å². The van der Waals surface area contributed by atoms with E-state index in [4.69, 9.17) is 0 Å². The summed E-state index contributed by atoms with van der Waals surface area (Å²) in [6.07, 6.45) is 12.0. The largest absolute Gasteiger partial charge is 1.00 e. The Labute approximate surface area is 425 Å². The van der Waals surface area contributed by atoms with Crippen molar-refractivity contribution in [3.05, 3.63) is 160 Å². The number of hydrogen-bond acceptors (Lipinski definition) is 11. The second kappa shape index (κ2) is 20.0. The van der Waals surface area contributed by atoms with Gasteiger partial charge in [0, 0.05) is 63.9 Å². The minimum Gasteiger partial charge on any atom is -0.748 e. The SMILES string of the molecule is CC1(C)C(=CC=C2CCC(C=CC3=[N+](CCCCS(=O)(=O)[O-])c4ccc5ccccc5c4C3(C)C)=C2Sc2nnnn2-c2ccccc2)N(CCCCS(=O)(=O)[O-])c2ccc3ccccc3c21.[Na+]. The molecule has 6 aromatic rings. The quantitative estimate of drug-likeness (QED) is 0.0425. The molecule has 0 N–H and O–H groups in total. The summed E-state index contributed by atoms with van der Waals surface area (Å²) in [5.41, 5.74) is 8.96. The number of nitrogens with zero attached hydrogens (tertiary/aromatic N) is 6. The van der Waals surface area contributed by atoms with E-state index in [1.807, 2.05) is 42.5 Å². The second-order valence-corrected chi connectivity index (χ2v) is 22.5. The zero-order chi connectivity index (χ0) is 47.1. The Hall–Kier alpha value is -4.71. The summed E-state index contributed by atoms with van der Waals surface area (Å²) in [5.74, 6) is -0.797. The van der Waals surface area contributed by atoms with Gasteiger partial charge in [0.05, 0.1) is 31.3 Å². The van der Waals surface area contributed by atoms with Crippen molar-refractivity contribution in [2.24, 2.45) is 0 Å². The average Bonchev–Trinajstić information content (AvgIpc) is 4.02. The molecule has 0 atom stereocenters. The molecule has 9 rings (SSSR count). The monoisotopic (exact) mass is 976 g/mol. The topological polar surface area (TPSA) is 164 Å². The van der Waals surface area contributed by atoms with Gasteiger partial charge in [-0.2, -0.15) is 9.26 Å². The van der Waals surface area contributed by atoms with Crippen molar-refractivity contribution in [2.45, 2.75) is 82.2 Å². The molecule has 0 radical (unpaired) electrons. The molecule has 0 fully saturated rings. The van der Waals surface area contributed by atoms with Crippen LogP contribution in [-0.2, 0) is 31.1 Å². The van der Waals surface area contributed by atoms with Gasteiger partial charge in [0.1, 0.15) is 6.54 Å². The number of aromatic nitrogens is 4. The number of fused-ring (bicyclic) bond motifs is 6. The molecule has 3 aliphatic rings. The van der Waals surface area contributed by atoms with Crippen LogP contribution in [0.1, 0.15) is 77.3 Å². The Kier molecular flexibility index (Phi) is 14.6. The van der Waals surface area contributed by atoms with Crippen molar-refractivity contribution in [2.75, 3.05) is 29.5 Å². The summed E-state index contributed by atoms with van der Waals surface area (Å²) in [6.45, 7) is 10.0. The van der Waals surface area contributed by atoms with Gasteiger partial charge in [-0.25, -0.2) is 16.8 Å². The molecule has 2 aliphatic heterocycles. The van der Waals surface area contributed by atoms with Crippen molar-refractivity contribution in [3.63, 3.8) is 0 Å². The predicted molar refractivity (Wildman–Crippen MR) is 265 cm³/mol. The molecule has 12 nitrogen and oxygen atoms in total.